The minimum Gasteiger partial charge on any atom is -0.502 e. The van der Waals surface area contributed by atoms with E-state index in [2.05, 4.69) is 0 Å². The van der Waals surface area contributed by atoms with Gasteiger partial charge >= 0.3 is 5.69 Å². The van der Waals surface area contributed by atoms with Crippen molar-refractivity contribution in [3.05, 3.63) is 68.2 Å². The first-order valence-corrected chi connectivity index (χ1v) is 7.33. The van der Waals surface area contributed by atoms with E-state index >= 15 is 0 Å². The number of phenols is 1. The molecule has 22 heavy (non-hydrogen) atoms. The molecule has 0 fully saturated rings. The van der Waals surface area contributed by atoms with E-state index in [0.29, 0.717) is 36.4 Å². The first-order chi connectivity index (χ1) is 10.5. The molecule has 0 spiro atoms. The van der Waals surface area contributed by atoms with E-state index in [1.54, 1.807) is 12.1 Å². The van der Waals surface area contributed by atoms with Gasteiger partial charge in [-0.2, -0.15) is 0 Å². The summed E-state index contributed by atoms with van der Waals surface area (Å²) in [6, 6.07) is 10.5. The molecule has 2 aromatic rings. The summed E-state index contributed by atoms with van der Waals surface area (Å²) in [5, 5.41) is 21.7. The number of rotatable bonds is 6. The fourth-order valence-electron chi connectivity index (χ4n) is 2.33. The van der Waals surface area contributed by atoms with Crippen LogP contribution in [0.5, 0.6) is 5.75 Å². The number of aromatic hydroxyl groups is 1. The predicted molar refractivity (Wildman–Crippen MR) is 86.4 cm³/mol. The van der Waals surface area contributed by atoms with E-state index in [-0.39, 0.29) is 11.4 Å². The Kier molecular flexibility index (Phi) is 5.35. The number of hydrogen-bond donors (Lipinski definition) is 2. The molecule has 0 saturated heterocycles. The standard InChI is InChI=1S/C16H17ClN2O3/c17-14-6-2-1-4-12(14)8-11-9-13(5-3-7-18)16(20)15(10-11)19(21)22/h1-2,4,6,9-10,20H,3,5,7-8,18H2. The van der Waals surface area contributed by atoms with Crippen molar-refractivity contribution < 1.29 is 10.0 Å². The van der Waals surface area contributed by atoms with Crippen molar-refractivity contribution in [2.24, 2.45) is 5.73 Å². The highest BCUT2D eigenvalue weighted by Gasteiger charge is 2.19. The molecule has 0 aliphatic heterocycles. The molecule has 0 heterocycles. The molecule has 2 aromatic carbocycles. The van der Waals surface area contributed by atoms with Crippen LogP contribution in [-0.4, -0.2) is 16.6 Å². The quantitative estimate of drug-likeness (QED) is 0.630. The minimum atomic E-state index is -0.572. The molecule has 0 saturated carbocycles. The number of phenolic OH excluding ortho intramolecular Hbond substituents is 1. The zero-order chi connectivity index (χ0) is 16.1. The lowest BCUT2D eigenvalue weighted by atomic mass is 9.99. The van der Waals surface area contributed by atoms with Gasteiger partial charge in [0.25, 0.3) is 0 Å². The number of aryl methyl sites for hydroxylation is 1. The number of benzene rings is 2. The molecule has 6 heteroatoms. The summed E-state index contributed by atoms with van der Waals surface area (Å²) in [7, 11) is 0. The van der Waals surface area contributed by atoms with Crippen molar-refractivity contribution >= 4 is 17.3 Å². The smallest absolute Gasteiger partial charge is 0.311 e. The van der Waals surface area contributed by atoms with E-state index in [1.165, 1.54) is 6.07 Å². The van der Waals surface area contributed by atoms with Gasteiger partial charge in [-0.3, -0.25) is 10.1 Å². The molecular weight excluding hydrogens is 304 g/mol. The summed E-state index contributed by atoms with van der Waals surface area (Å²) in [6.07, 6.45) is 1.62. The van der Waals surface area contributed by atoms with Crippen LogP contribution in [0.1, 0.15) is 23.1 Å². The largest absolute Gasteiger partial charge is 0.502 e. The number of nitro benzene ring substituents is 1. The zero-order valence-corrected chi connectivity index (χ0v) is 12.7. The molecule has 116 valence electrons. The molecule has 0 amide bonds. The molecule has 3 N–H and O–H groups in total. The van der Waals surface area contributed by atoms with E-state index in [0.717, 1.165) is 11.1 Å². The van der Waals surface area contributed by atoms with E-state index in [1.807, 2.05) is 18.2 Å². The second kappa shape index (κ2) is 7.24. The first kappa shape index (κ1) is 16.3. The maximum atomic E-state index is 11.1. The summed E-state index contributed by atoms with van der Waals surface area (Å²) in [5.74, 6) is -0.277. The van der Waals surface area contributed by atoms with E-state index in [9.17, 15) is 15.2 Å². The number of nitrogens with two attached hydrogens (primary N) is 1. The van der Waals surface area contributed by atoms with Crippen LogP contribution in [0, 0.1) is 10.1 Å². The second-order valence-electron chi connectivity index (χ2n) is 5.04. The fourth-order valence-corrected chi connectivity index (χ4v) is 2.53. The van der Waals surface area contributed by atoms with Gasteiger partial charge in [-0.05, 0) is 43.0 Å². The van der Waals surface area contributed by atoms with Crippen LogP contribution < -0.4 is 5.73 Å². The third-order valence-electron chi connectivity index (χ3n) is 3.43. The first-order valence-electron chi connectivity index (χ1n) is 6.95. The number of nitro groups is 1. The highest BCUT2D eigenvalue weighted by atomic mass is 35.5. The SMILES string of the molecule is NCCCc1cc(Cc2ccccc2Cl)cc([N+](=O)[O-])c1O. The molecule has 0 bridgehead atoms. The lowest BCUT2D eigenvalue weighted by Crippen LogP contribution is -2.02. The molecular formula is C16H17ClN2O3. The van der Waals surface area contributed by atoms with Crippen LogP contribution in [0.3, 0.4) is 0 Å². The Morgan fingerprint density at radius 3 is 2.59 bits per heavy atom. The Hall–Kier alpha value is -2.11. The zero-order valence-electron chi connectivity index (χ0n) is 12.0. The molecule has 0 unspecified atom stereocenters. The average Bonchev–Trinajstić information content (AvgIpc) is 2.49. The minimum absolute atomic E-state index is 0.277. The molecule has 0 radical (unpaired) electrons. The Balaban J connectivity index is 2.40. The second-order valence-corrected chi connectivity index (χ2v) is 5.45. The van der Waals surface area contributed by atoms with Crippen molar-refractivity contribution in [2.45, 2.75) is 19.3 Å². The summed E-state index contributed by atoms with van der Waals surface area (Å²) < 4.78 is 0. The molecule has 0 atom stereocenters. The van der Waals surface area contributed by atoms with Gasteiger partial charge in [0.1, 0.15) is 0 Å². The van der Waals surface area contributed by atoms with Gasteiger partial charge in [-0.15, -0.1) is 0 Å². The van der Waals surface area contributed by atoms with Gasteiger partial charge in [0.2, 0.25) is 0 Å². The number of halogens is 1. The van der Waals surface area contributed by atoms with Gasteiger partial charge in [0.05, 0.1) is 4.92 Å². The van der Waals surface area contributed by atoms with Crippen LogP contribution >= 0.6 is 11.6 Å². The van der Waals surface area contributed by atoms with Crippen molar-refractivity contribution in [3.63, 3.8) is 0 Å². The van der Waals surface area contributed by atoms with Crippen LogP contribution in [0.15, 0.2) is 36.4 Å². The number of hydrogen-bond acceptors (Lipinski definition) is 4. The fraction of sp³-hybridized carbons (Fsp3) is 0.250. The van der Waals surface area contributed by atoms with Gasteiger partial charge < -0.3 is 10.8 Å². The van der Waals surface area contributed by atoms with Crippen LogP contribution in [0.4, 0.5) is 5.69 Å². The Bertz CT molecular complexity index is 689. The highest BCUT2D eigenvalue weighted by Crippen LogP contribution is 2.33. The summed E-state index contributed by atoms with van der Waals surface area (Å²) in [4.78, 5) is 10.5. The molecule has 2 rings (SSSR count). The van der Waals surface area contributed by atoms with Crippen molar-refractivity contribution in [1.82, 2.24) is 0 Å². The third-order valence-corrected chi connectivity index (χ3v) is 3.80. The predicted octanol–water partition coefficient (Wildman–Crippen LogP) is 3.44. The lowest BCUT2D eigenvalue weighted by molar-refractivity contribution is -0.386. The number of nitrogens with zero attached hydrogens (tertiary/aromatic N) is 1. The highest BCUT2D eigenvalue weighted by molar-refractivity contribution is 6.31. The molecule has 0 aromatic heterocycles. The van der Waals surface area contributed by atoms with E-state index < -0.39 is 4.92 Å². The van der Waals surface area contributed by atoms with Crippen molar-refractivity contribution in [1.29, 1.82) is 0 Å². The normalized spacial score (nSPS) is 10.6. The maximum absolute atomic E-state index is 11.1. The third kappa shape index (κ3) is 3.75. The Labute approximate surface area is 133 Å². The Morgan fingerprint density at radius 2 is 1.95 bits per heavy atom. The summed E-state index contributed by atoms with van der Waals surface area (Å²) in [6.45, 7) is 0.460. The average molecular weight is 321 g/mol. The van der Waals surface area contributed by atoms with Crippen LogP contribution in [-0.2, 0) is 12.8 Å². The molecule has 0 aliphatic carbocycles. The summed E-state index contributed by atoms with van der Waals surface area (Å²) >= 11 is 6.13. The van der Waals surface area contributed by atoms with Gasteiger partial charge in [0, 0.05) is 16.7 Å². The topological polar surface area (TPSA) is 89.4 Å². The van der Waals surface area contributed by atoms with Crippen LogP contribution in [0.25, 0.3) is 0 Å². The molecule has 5 nitrogen and oxygen atoms in total. The van der Waals surface area contributed by atoms with Gasteiger partial charge in [-0.1, -0.05) is 35.9 Å². The van der Waals surface area contributed by atoms with Gasteiger partial charge in [-0.25, -0.2) is 0 Å². The monoisotopic (exact) mass is 320 g/mol. The van der Waals surface area contributed by atoms with Crippen molar-refractivity contribution in [3.8, 4) is 5.75 Å². The lowest BCUT2D eigenvalue weighted by Gasteiger charge is -2.09. The summed E-state index contributed by atoms with van der Waals surface area (Å²) in [5.41, 5.74) is 7.36. The van der Waals surface area contributed by atoms with E-state index in [4.69, 9.17) is 17.3 Å². The van der Waals surface area contributed by atoms with Crippen LogP contribution in [0.2, 0.25) is 5.02 Å². The molecule has 0 aliphatic rings. The maximum Gasteiger partial charge on any atom is 0.311 e. The van der Waals surface area contributed by atoms with Gasteiger partial charge in [0.15, 0.2) is 5.75 Å². The van der Waals surface area contributed by atoms with Crippen molar-refractivity contribution in [2.75, 3.05) is 6.54 Å². The Morgan fingerprint density at radius 1 is 1.23 bits per heavy atom.